The summed E-state index contributed by atoms with van der Waals surface area (Å²) < 4.78 is 104. The second-order valence-corrected chi connectivity index (χ2v) is 8.87. The summed E-state index contributed by atoms with van der Waals surface area (Å²) >= 11 is 11.8. The highest BCUT2D eigenvalue weighted by Crippen LogP contribution is 2.43. The van der Waals surface area contributed by atoms with Gasteiger partial charge in [-0.15, -0.1) is 0 Å². The zero-order valence-corrected chi connectivity index (χ0v) is 17.9. The fraction of sp³-hybridized carbons (Fsp3) is 0.375. The van der Waals surface area contributed by atoms with E-state index in [1.807, 2.05) is 0 Å². The van der Waals surface area contributed by atoms with Gasteiger partial charge in [-0.3, -0.25) is 0 Å². The van der Waals surface area contributed by atoms with Gasteiger partial charge < -0.3 is 4.90 Å². The third-order valence-electron chi connectivity index (χ3n) is 3.97. The fourth-order valence-electron chi connectivity index (χ4n) is 2.69. The first-order valence-electron chi connectivity index (χ1n) is 8.20. The normalized spacial score (nSPS) is 12.7. The average molecular weight is 509 g/mol. The summed E-state index contributed by atoms with van der Waals surface area (Å²) in [6, 6.07) is 2.18. The number of alkyl halides is 6. The van der Waals surface area contributed by atoms with Crippen LogP contribution in [0.2, 0.25) is 10.0 Å². The Balaban J connectivity index is 2.99. The second kappa shape index (κ2) is 8.40. The number of anilines is 1. The van der Waals surface area contributed by atoms with Crippen molar-refractivity contribution < 1.29 is 34.8 Å². The molecule has 0 aliphatic rings. The number of sulfone groups is 1. The van der Waals surface area contributed by atoms with Gasteiger partial charge in [-0.2, -0.15) is 36.7 Å². The molecule has 0 atom stereocenters. The van der Waals surface area contributed by atoms with Crippen LogP contribution in [0.1, 0.15) is 24.6 Å². The number of benzene rings is 1. The average Bonchev–Trinajstić information content (AvgIpc) is 2.99. The minimum absolute atomic E-state index is 0.00676. The van der Waals surface area contributed by atoms with Crippen molar-refractivity contribution >= 4 is 38.9 Å². The lowest BCUT2D eigenvalue weighted by atomic mass is 10.2. The quantitative estimate of drug-likeness (QED) is 0.518. The highest BCUT2D eigenvalue weighted by molar-refractivity contribution is 7.92. The zero-order valence-electron chi connectivity index (χ0n) is 15.6. The van der Waals surface area contributed by atoms with Crippen molar-refractivity contribution in [1.82, 2.24) is 9.78 Å². The molecule has 0 amide bonds. The summed E-state index contributed by atoms with van der Waals surface area (Å²) in [6.45, 7) is 1.64. The van der Waals surface area contributed by atoms with Crippen LogP contribution in [0.15, 0.2) is 17.0 Å². The van der Waals surface area contributed by atoms with Crippen LogP contribution in [0.5, 0.6) is 0 Å². The number of rotatable bonds is 5. The predicted molar refractivity (Wildman–Crippen MR) is 100 cm³/mol. The lowest BCUT2D eigenvalue weighted by Gasteiger charge is -2.23. The number of hydrogen-bond acceptors (Lipinski definition) is 5. The Morgan fingerprint density at radius 2 is 1.68 bits per heavy atom. The molecule has 0 saturated carbocycles. The molecule has 1 aromatic carbocycles. The van der Waals surface area contributed by atoms with Gasteiger partial charge in [-0.25, -0.2) is 13.1 Å². The first-order chi connectivity index (χ1) is 14.1. The Morgan fingerprint density at radius 3 is 2.06 bits per heavy atom. The van der Waals surface area contributed by atoms with Crippen LogP contribution in [0.4, 0.5) is 32.2 Å². The molecule has 1 aromatic heterocycles. The maximum absolute atomic E-state index is 13.3. The number of nitriles is 1. The van der Waals surface area contributed by atoms with Crippen LogP contribution in [-0.2, 0) is 16.0 Å². The molecule has 6 nitrogen and oxygen atoms in total. The van der Waals surface area contributed by atoms with Crippen molar-refractivity contribution in [2.45, 2.75) is 29.9 Å². The smallest absolute Gasteiger partial charge is 0.358 e. The number of aromatic nitrogens is 2. The van der Waals surface area contributed by atoms with E-state index in [0.717, 1.165) is 4.90 Å². The molecule has 0 fully saturated rings. The number of hydrogen-bond donors (Lipinski definition) is 0. The van der Waals surface area contributed by atoms with E-state index in [1.165, 1.54) is 13.1 Å². The van der Waals surface area contributed by atoms with Crippen LogP contribution in [-0.4, -0.2) is 37.3 Å². The highest BCUT2D eigenvalue weighted by atomic mass is 35.5. The Bertz CT molecular complexity index is 1130. The minimum Gasteiger partial charge on any atom is -0.358 e. The maximum atomic E-state index is 13.3. The lowest BCUT2D eigenvalue weighted by Crippen LogP contribution is -2.28. The summed E-state index contributed by atoms with van der Waals surface area (Å²) in [5, 5.41) is 11.5. The van der Waals surface area contributed by atoms with Gasteiger partial charge in [0.1, 0.15) is 11.8 Å². The molecule has 0 spiro atoms. The topological polar surface area (TPSA) is 79.0 Å². The predicted octanol–water partition coefficient (Wildman–Crippen LogP) is 5.21. The van der Waals surface area contributed by atoms with Crippen LogP contribution in [0.25, 0.3) is 5.69 Å². The third kappa shape index (κ3) is 4.56. The fourth-order valence-corrected chi connectivity index (χ4v) is 4.40. The number of halogens is 8. The van der Waals surface area contributed by atoms with Crippen molar-refractivity contribution in [1.29, 1.82) is 5.26 Å². The van der Waals surface area contributed by atoms with Gasteiger partial charge in [0.05, 0.1) is 15.6 Å². The summed E-state index contributed by atoms with van der Waals surface area (Å²) in [7, 11) is -4.85. The summed E-state index contributed by atoms with van der Waals surface area (Å²) in [6.07, 6.45) is -4.50. The molecular formula is C16H12Cl2F6N4O2S. The van der Waals surface area contributed by atoms with Gasteiger partial charge in [0.2, 0.25) is 0 Å². The van der Waals surface area contributed by atoms with E-state index < -0.39 is 59.2 Å². The first kappa shape index (κ1) is 25.1. The van der Waals surface area contributed by atoms with E-state index in [-0.39, 0.29) is 6.54 Å². The molecule has 2 aromatic rings. The highest BCUT2D eigenvalue weighted by Gasteiger charge is 2.51. The Labute approximate surface area is 182 Å². The molecule has 0 bridgehead atoms. The summed E-state index contributed by atoms with van der Waals surface area (Å²) in [5.41, 5.74) is -8.66. The molecule has 15 heteroatoms. The van der Waals surface area contributed by atoms with Gasteiger partial charge in [0.25, 0.3) is 9.84 Å². The van der Waals surface area contributed by atoms with Gasteiger partial charge in [-0.05, 0) is 18.6 Å². The minimum atomic E-state index is -6.07. The number of nitrogens with zero attached hydrogens (tertiary/aromatic N) is 4. The van der Waals surface area contributed by atoms with E-state index >= 15 is 0 Å². The molecule has 170 valence electrons. The van der Waals surface area contributed by atoms with Crippen LogP contribution in [0.3, 0.4) is 0 Å². The Kier molecular flexibility index (Phi) is 6.80. The standard InChI is InChI=1S/C16H12Cl2F6N4O2S/c1-3-4-27(2)14-13(31(29,30)16(22,23)24)11(7-25)26-28(14)12-9(17)5-8(6-10(12)18)15(19,20)21/h5-6H,3-4H2,1-2H3. The van der Waals surface area contributed by atoms with Crippen molar-refractivity contribution in [2.75, 3.05) is 18.5 Å². The largest absolute Gasteiger partial charge is 0.502 e. The van der Waals surface area contributed by atoms with E-state index in [2.05, 4.69) is 5.10 Å². The molecule has 0 radical (unpaired) electrons. The maximum Gasteiger partial charge on any atom is 0.502 e. The van der Waals surface area contributed by atoms with Crippen LogP contribution < -0.4 is 4.90 Å². The Morgan fingerprint density at radius 1 is 1.16 bits per heavy atom. The molecule has 0 aliphatic heterocycles. The lowest BCUT2D eigenvalue weighted by molar-refractivity contribution is -0.137. The van der Waals surface area contributed by atoms with Gasteiger partial charge in [0.15, 0.2) is 16.4 Å². The van der Waals surface area contributed by atoms with Gasteiger partial charge >= 0.3 is 11.7 Å². The van der Waals surface area contributed by atoms with E-state index in [0.29, 0.717) is 23.2 Å². The van der Waals surface area contributed by atoms with Crippen molar-refractivity contribution in [3.8, 4) is 11.8 Å². The third-order valence-corrected chi connectivity index (χ3v) is 6.07. The zero-order chi connectivity index (χ0) is 23.9. The van der Waals surface area contributed by atoms with Crippen LogP contribution >= 0.6 is 23.2 Å². The molecule has 0 N–H and O–H groups in total. The monoisotopic (exact) mass is 508 g/mol. The molecule has 2 rings (SSSR count). The molecule has 1 heterocycles. The molecule has 0 saturated heterocycles. The second-order valence-electron chi connectivity index (χ2n) is 6.18. The first-order valence-corrected chi connectivity index (χ1v) is 10.4. The van der Waals surface area contributed by atoms with E-state index in [4.69, 9.17) is 23.2 Å². The molecular weight excluding hydrogens is 497 g/mol. The van der Waals surface area contributed by atoms with E-state index in [9.17, 15) is 40.0 Å². The van der Waals surface area contributed by atoms with Gasteiger partial charge in [-0.1, -0.05) is 30.1 Å². The Hall–Kier alpha value is -2.17. The van der Waals surface area contributed by atoms with E-state index in [1.54, 1.807) is 6.92 Å². The summed E-state index contributed by atoms with van der Waals surface area (Å²) in [4.78, 5) is -0.401. The molecule has 0 unspecified atom stereocenters. The van der Waals surface area contributed by atoms with Gasteiger partial charge in [0, 0.05) is 13.6 Å². The summed E-state index contributed by atoms with van der Waals surface area (Å²) in [5.74, 6) is -0.723. The van der Waals surface area contributed by atoms with Crippen molar-refractivity contribution in [3.05, 3.63) is 33.4 Å². The van der Waals surface area contributed by atoms with Crippen molar-refractivity contribution in [3.63, 3.8) is 0 Å². The molecule has 31 heavy (non-hydrogen) atoms. The molecule has 0 aliphatic carbocycles. The van der Waals surface area contributed by atoms with Crippen molar-refractivity contribution in [2.24, 2.45) is 0 Å². The SMILES string of the molecule is CCCN(C)c1c(S(=O)(=O)C(F)(F)F)c(C#N)nn1-c1c(Cl)cc(C(F)(F)F)cc1Cl. The van der Waals surface area contributed by atoms with Crippen LogP contribution in [0, 0.1) is 11.3 Å².